The monoisotopic (exact) mass is 316 g/mol. The molecule has 0 saturated carbocycles. The highest BCUT2D eigenvalue weighted by atomic mass is 16.7. The third kappa shape index (κ3) is 11.7. The zero-order valence-electron chi connectivity index (χ0n) is 15.1. The fourth-order valence-corrected chi connectivity index (χ4v) is 2.26. The third-order valence-corrected chi connectivity index (χ3v) is 3.55. The molecule has 0 fully saturated rings. The van der Waals surface area contributed by atoms with Gasteiger partial charge in [-0.1, -0.05) is 58.8 Å². The SMILES string of the molecule is CCCCCCCCCCOCO/C(OC)=C(/CCC)OC. The van der Waals surface area contributed by atoms with Crippen LogP contribution in [0, 0.1) is 0 Å². The van der Waals surface area contributed by atoms with Crippen molar-refractivity contribution in [2.75, 3.05) is 27.6 Å². The lowest BCUT2D eigenvalue weighted by atomic mass is 10.1. The quantitative estimate of drug-likeness (QED) is 0.218. The van der Waals surface area contributed by atoms with Gasteiger partial charge in [-0.2, -0.15) is 0 Å². The van der Waals surface area contributed by atoms with Gasteiger partial charge in [-0.15, -0.1) is 0 Å². The molecule has 0 amide bonds. The molecule has 4 heteroatoms. The van der Waals surface area contributed by atoms with Crippen LogP contribution in [0.3, 0.4) is 0 Å². The van der Waals surface area contributed by atoms with Crippen LogP contribution < -0.4 is 0 Å². The predicted molar refractivity (Wildman–Crippen MR) is 90.5 cm³/mol. The Morgan fingerprint density at radius 2 is 1.36 bits per heavy atom. The molecule has 0 saturated heterocycles. The molecule has 0 aromatic heterocycles. The highest BCUT2D eigenvalue weighted by molar-refractivity contribution is 4.94. The normalized spacial score (nSPS) is 12.0. The van der Waals surface area contributed by atoms with Crippen molar-refractivity contribution in [2.45, 2.75) is 78.1 Å². The van der Waals surface area contributed by atoms with Crippen LogP contribution in [0.25, 0.3) is 0 Å². The molecule has 0 spiro atoms. The Hall–Kier alpha value is -0.900. The van der Waals surface area contributed by atoms with Crippen LogP contribution in [-0.2, 0) is 18.9 Å². The van der Waals surface area contributed by atoms with Crippen LogP contribution in [0.1, 0.15) is 78.1 Å². The molecule has 0 aliphatic heterocycles. The van der Waals surface area contributed by atoms with Gasteiger partial charge >= 0.3 is 5.95 Å². The molecule has 0 aliphatic rings. The van der Waals surface area contributed by atoms with Crippen molar-refractivity contribution < 1.29 is 18.9 Å². The van der Waals surface area contributed by atoms with Gasteiger partial charge < -0.3 is 18.9 Å². The summed E-state index contributed by atoms with van der Waals surface area (Å²) in [6, 6.07) is 0. The van der Waals surface area contributed by atoms with Gasteiger partial charge in [-0.05, 0) is 12.8 Å². The minimum atomic E-state index is 0.218. The molecule has 0 aliphatic carbocycles. The first-order valence-electron chi connectivity index (χ1n) is 8.81. The number of hydrogen-bond donors (Lipinski definition) is 0. The first-order valence-corrected chi connectivity index (χ1v) is 8.81. The number of hydrogen-bond acceptors (Lipinski definition) is 4. The Labute approximate surface area is 137 Å². The standard InChI is InChI=1S/C18H36O4/c1-5-7-8-9-10-11-12-13-15-21-16-22-18(20-4)17(19-3)14-6-2/h5-16H2,1-4H3/b18-17-. The number of allylic oxidation sites excluding steroid dienone is 1. The molecule has 0 rings (SSSR count). The smallest absolute Gasteiger partial charge is 0.320 e. The van der Waals surface area contributed by atoms with Gasteiger partial charge in [0.05, 0.1) is 20.8 Å². The van der Waals surface area contributed by atoms with Crippen molar-refractivity contribution >= 4 is 0 Å². The maximum absolute atomic E-state index is 5.49. The van der Waals surface area contributed by atoms with Crippen molar-refractivity contribution in [1.29, 1.82) is 0 Å². The zero-order valence-corrected chi connectivity index (χ0v) is 15.1. The number of rotatable bonds is 16. The minimum absolute atomic E-state index is 0.218. The highest BCUT2D eigenvalue weighted by Crippen LogP contribution is 2.14. The van der Waals surface area contributed by atoms with Gasteiger partial charge in [-0.3, -0.25) is 0 Å². The van der Waals surface area contributed by atoms with Gasteiger partial charge in [0.25, 0.3) is 0 Å². The molecule has 4 nitrogen and oxygen atoms in total. The molecule has 0 bridgehead atoms. The van der Waals surface area contributed by atoms with Crippen LogP contribution >= 0.6 is 0 Å². The summed E-state index contributed by atoms with van der Waals surface area (Å²) in [6.07, 6.45) is 12.2. The Morgan fingerprint density at radius 1 is 0.727 bits per heavy atom. The van der Waals surface area contributed by atoms with Crippen molar-refractivity contribution in [2.24, 2.45) is 0 Å². The van der Waals surface area contributed by atoms with Gasteiger partial charge in [0, 0.05) is 6.42 Å². The summed E-state index contributed by atoms with van der Waals surface area (Å²) in [6.45, 7) is 5.30. The lowest BCUT2D eigenvalue weighted by Gasteiger charge is -2.13. The summed E-state index contributed by atoms with van der Waals surface area (Å²) < 4.78 is 21.4. The molecule has 22 heavy (non-hydrogen) atoms. The molecule has 132 valence electrons. The molecular weight excluding hydrogens is 280 g/mol. The second-order valence-corrected chi connectivity index (χ2v) is 5.51. The van der Waals surface area contributed by atoms with Crippen LogP contribution in [-0.4, -0.2) is 27.6 Å². The maximum Gasteiger partial charge on any atom is 0.320 e. The molecule has 0 heterocycles. The number of unbranched alkanes of at least 4 members (excludes halogenated alkanes) is 7. The molecular formula is C18H36O4. The first kappa shape index (κ1) is 21.1. The topological polar surface area (TPSA) is 36.9 Å². The summed E-state index contributed by atoms with van der Waals surface area (Å²) >= 11 is 0. The number of methoxy groups -OCH3 is 2. The van der Waals surface area contributed by atoms with Crippen molar-refractivity contribution in [3.63, 3.8) is 0 Å². The second kappa shape index (κ2) is 16.5. The first-order chi connectivity index (χ1) is 10.8. The minimum Gasteiger partial charge on any atom is -0.494 e. The predicted octanol–water partition coefficient (Wildman–Crippen LogP) is 5.38. The second-order valence-electron chi connectivity index (χ2n) is 5.51. The van der Waals surface area contributed by atoms with Crippen LogP contribution in [0.2, 0.25) is 0 Å². The van der Waals surface area contributed by atoms with Gasteiger partial charge in [0.1, 0.15) is 0 Å². The van der Waals surface area contributed by atoms with E-state index in [0.29, 0.717) is 5.95 Å². The van der Waals surface area contributed by atoms with E-state index in [4.69, 9.17) is 18.9 Å². The van der Waals surface area contributed by atoms with Gasteiger partial charge in [-0.25, -0.2) is 0 Å². The summed E-state index contributed by atoms with van der Waals surface area (Å²) in [5, 5.41) is 0. The van der Waals surface area contributed by atoms with E-state index >= 15 is 0 Å². The van der Waals surface area contributed by atoms with E-state index in [1.807, 2.05) is 0 Å². The molecule has 0 N–H and O–H groups in total. The summed E-state index contributed by atoms with van der Waals surface area (Å²) in [5.74, 6) is 1.17. The van der Waals surface area contributed by atoms with Crippen LogP contribution in [0.15, 0.2) is 11.7 Å². The van der Waals surface area contributed by atoms with E-state index in [1.54, 1.807) is 14.2 Å². The van der Waals surface area contributed by atoms with Gasteiger partial charge in [0.2, 0.25) is 0 Å². The van der Waals surface area contributed by atoms with Crippen molar-refractivity contribution in [3.05, 3.63) is 11.7 Å². The summed E-state index contributed by atoms with van der Waals surface area (Å²) in [5.41, 5.74) is 0. The van der Waals surface area contributed by atoms with E-state index in [2.05, 4.69) is 13.8 Å². The Balaban J connectivity index is 3.55. The highest BCUT2D eigenvalue weighted by Gasteiger charge is 2.08. The Kier molecular flexibility index (Phi) is 15.8. The van der Waals surface area contributed by atoms with Crippen molar-refractivity contribution in [3.8, 4) is 0 Å². The number of ether oxygens (including phenoxy) is 4. The molecule has 0 radical (unpaired) electrons. The fourth-order valence-electron chi connectivity index (χ4n) is 2.26. The van der Waals surface area contributed by atoms with E-state index in [1.165, 1.54) is 44.9 Å². The zero-order chi connectivity index (χ0) is 16.5. The van der Waals surface area contributed by atoms with Gasteiger partial charge in [0.15, 0.2) is 12.6 Å². The van der Waals surface area contributed by atoms with Crippen LogP contribution in [0.4, 0.5) is 0 Å². The van der Waals surface area contributed by atoms with E-state index in [0.717, 1.165) is 31.6 Å². The summed E-state index contributed by atoms with van der Waals surface area (Å²) in [4.78, 5) is 0. The largest absolute Gasteiger partial charge is 0.494 e. The fraction of sp³-hybridized carbons (Fsp3) is 0.889. The Morgan fingerprint density at radius 3 is 1.91 bits per heavy atom. The van der Waals surface area contributed by atoms with Crippen molar-refractivity contribution in [1.82, 2.24) is 0 Å². The lowest BCUT2D eigenvalue weighted by molar-refractivity contribution is -0.0746. The Bertz CT molecular complexity index is 264. The molecule has 0 aromatic carbocycles. The average Bonchev–Trinajstić information content (AvgIpc) is 2.54. The molecule has 0 aromatic rings. The summed E-state index contributed by atoms with van der Waals surface area (Å²) in [7, 11) is 3.22. The molecule has 0 unspecified atom stereocenters. The lowest BCUT2D eigenvalue weighted by Crippen LogP contribution is -2.06. The van der Waals surface area contributed by atoms with E-state index in [-0.39, 0.29) is 6.79 Å². The molecule has 0 atom stereocenters. The third-order valence-electron chi connectivity index (χ3n) is 3.55. The van der Waals surface area contributed by atoms with E-state index < -0.39 is 0 Å². The van der Waals surface area contributed by atoms with E-state index in [9.17, 15) is 0 Å². The maximum atomic E-state index is 5.49. The van der Waals surface area contributed by atoms with Crippen LogP contribution in [0.5, 0.6) is 0 Å². The average molecular weight is 316 g/mol.